The van der Waals surface area contributed by atoms with Gasteiger partial charge in [-0.05, 0) is 96.5 Å². The van der Waals surface area contributed by atoms with Gasteiger partial charge in [-0.1, -0.05) is 61.5 Å². The van der Waals surface area contributed by atoms with Crippen molar-refractivity contribution in [1.82, 2.24) is 10.3 Å². The molecule has 0 bridgehead atoms. The first-order chi connectivity index (χ1) is 30.2. The Balaban J connectivity index is 1.23. The number of nitrogens with one attached hydrogen (secondary N) is 1. The number of Topliss-reactive ketones (excluding diaryl/α,β-unsaturated/α-hetero) is 1. The van der Waals surface area contributed by atoms with Gasteiger partial charge in [0.05, 0.1) is 71.6 Å². The number of rotatable bonds is 16. The standard InChI is InChI=1S/C49H78N2O12S/c1-12-34(44(54)55)36-16-15-27(4)42(60-36)31(8)40(52)30(7)41(53)35(13-2)43-28(5)25-29(6)48(61-43)21-17-38(51-45(56)58-24-19-37-32(9)50-26-64-37)49(63-48)23-22-46(11,62-49)39-18-20-47(57,14-3)33(10)59-39/h17,21,26-31,33-36,38-40,42-43,52,57H,12-16,18-20,22-25H2,1-11H3,(H,51,56)(H,54,55)/t27-,28-,29+,30-,31-,33-,34+,35?,36+,38+,39+,40+,42+,43-,46-,47+,48-,49-/m0/s1. The van der Waals surface area contributed by atoms with E-state index in [2.05, 4.69) is 31.1 Å². The van der Waals surface area contributed by atoms with E-state index in [1.807, 2.05) is 60.6 Å². The molecule has 6 heterocycles. The summed E-state index contributed by atoms with van der Waals surface area (Å²) in [5, 5.41) is 36.1. The molecular weight excluding hydrogens is 841 g/mol. The van der Waals surface area contributed by atoms with Crippen LogP contribution in [0.15, 0.2) is 17.7 Å². The zero-order valence-electron chi connectivity index (χ0n) is 40.2. The molecule has 5 aliphatic rings. The fourth-order valence-corrected chi connectivity index (χ4v) is 12.4. The minimum Gasteiger partial charge on any atom is -0.481 e. The van der Waals surface area contributed by atoms with Crippen LogP contribution in [0.4, 0.5) is 4.79 Å². The molecule has 1 aromatic rings. The van der Waals surface area contributed by atoms with E-state index >= 15 is 0 Å². The lowest BCUT2D eigenvalue weighted by Gasteiger charge is -2.55. The van der Waals surface area contributed by atoms with E-state index < -0.39 is 95.1 Å². The lowest BCUT2D eigenvalue weighted by Crippen LogP contribution is -2.65. The molecule has 4 fully saturated rings. The van der Waals surface area contributed by atoms with Crippen LogP contribution in [0.5, 0.6) is 0 Å². The molecule has 2 spiro atoms. The molecule has 6 rings (SSSR count). The number of hydrogen-bond acceptors (Lipinski definition) is 13. The predicted molar refractivity (Wildman–Crippen MR) is 241 cm³/mol. The summed E-state index contributed by atoms with van der Waals surface area (Å²) in [7, 11) is 0. The number of aromatic nitrogens is 1. The van der Waals surface area contributed by atoms with Crippen LogP contribution in [0.1, 0.15) is 144 Å². The quantitative estimate of drug-likeness (QED) is 0.117. The Labute approximate surface area is 384 Å². The number of hydrogen-bond donors (Lipinski definition) is 4. The third-order valence-electron chi connectivity index (χ3n) is 16.2. The number of ketones is 1. The van der Waals surface area contributed by atoms with Gasteiger partial charge in [0.1, 0.15) is 11.8 Å². The third kappa shape index (κ3) is 10.2. The van der Waals surface area contributed by atoms with Gasteiger partial charge in [-0.3, -0.25) is 9.59 Å². The van der Waals surface area contributed by atoms with E-state index in [0.717, 1.165) is 17.0 Å². The van der Waals surface area contributed by atoms with Gasteiger partial charge in [-0.2, -0.15) is 0 Å². The van der Waals surface area contributed by atoms with E-state index in [0.29, 0.717) is 64.2 Å². The smallest absolute Gasteiger partial charge is 0.407 e. The minimum atomic E-state index is -1.39. The van der Waals surface area contributed by atoms with Gasteiger partial charge in [0.15, 0.2) is 11.6 Å². The highest BCUT2D eigenvalue weighted by atomic mass is 32.1. The van der Waals surface area contributed by atoms with Crippen LogP contribution in [-0.4, -0.2) is 110 Å². The van der Waals surface area contributed by atoms with Crippen molar-refractivity contribution >= 4 is 29.2 Å². The average molecular weight is 919 g/mol. The SMILES string of the molecule is CCC(C(=O)[C@@H](C)[C@@H](O)[C@H](C)[C@@H]1O[C@@H]([C@@H](CC)C(=O)O)CC[C@@H]1C)[C@H]1O[C@]2(C=C[C@@H](NC(=O)OCCc3scnc3C)[C@]3(CC[C@@](C)([C@H]4CC[C@](O)(CC)[C@H](C)O4)O3)O2)[C@H](C)C[C@@H]1C. The van der Waals surface area contributed by atoms with Gasteiger partial charge in [0.25, 0.3) is 0 Å². The summed E-state index contributed by atoms with van der Waals surface area (Å²) >= 11 is 1.53. The number of alkyl carbamates (subject to hydrolysis) is 1. The Morgan fingerprint density at radius 2 is 1.69 bits per heavy atom. The maximum absolute atomic E-state index is 14.7. The Morgan fingerprint density at radius 1 is 0.969 bits per heavy atom. The summed E-state index contributed by atoms with van der Waals surface area (Å²) in [6.45, 7) is 21.7. The second-order valence-electron chi connectivity index (χ2n) is 20.3. The fraction of sp³-hybridized carbons (Fsp3) is 0.837. The molecule has 4 saturated heterocycles. The van der Waals surface area contributed by atoms with Gasteiger partial charge in [-0.25, -0.2) is 9.78 Å². The number of amides is 1. The number of carboxylic acids is 1. The molecule has 362 valence electrons. The van der Waals surface area contributed by atoms with E-state index in [9.17, 15) is 29.7 Å². The topological polar surface area (TPSA) is 192 Å². The third-order valence-corrected chi connectivity index (χ3v) is 17.2. The normalized spacial score (nSPS) is 40.1. The Kier molecular flexibility index (Phi) is 16.2. The van der Waals surface area contributed by atoms with Gasteiger partial charge in [-0.15, -0.1) is 11.3 Å². The number of carboxylic acid groups (broad SMARTS) is 1. The number of aliphatic hydroxyl groups excluding tert-OH is 1. The Morgan fingerprint density at radius 3 is 2.31 bits per heavy atom. The maximum Gasteiger partial charge on any atom is 0.407 e. The largest absolute Gasteiger partial charge is 0.481 e. The molecule has 4 N–H and O–H groups in total. The summed E-state index contributed by atoms with van der Waals surface area (Å²) in [5.41, 5.74) is 0.939. The van der Waals surface area contributed by atoms with Crippen molar-refractivity contribution in [3.05, 3.63) is 28.2 Å². The van der Waals surface area contributed by atoms with E-state index in [1.165, 1.54) is 11.3 Å². The van der Waals surface area contributed by atoms with E-state index in [-0.39, 0.29) is 36.2 Å². The number of aliphatic carboxylic acids is 1. The van der Waals surface area contributed by atoms with Crippen LogP contribution in [0.2, 0.25) is 0 Å². The monoisotopic (exact) mass is 919 g/mol. The maximum atomic E-state index is 14.7. The second kappa shape index (κ2) is 20.4. The number of thiazole rings is 1. The molecule has 1 amide bonds. The summed E-state index contributed by atoms with van der Waals surface area (Å²) in [6, 6.07) is -0.757. The molecule has 0 radical (unpaired) electrons. The highest BCUT2D eigenvalue weighted by molar-refractivity contribution is 7.09. The van der Waals surface area contributed by atoms with Crippen LogP contribution < -0.4 is 5.32 Å². The van der Waals surface area contributed by atoms with E-state index in [1.54, 1.807) is 12.4 Å². The van der Waals surface area contributed by atoms with Crippen LogP contribution in [-0.2, 0) is 44.4 Å². The second-order valence-corrected chi connectivity index (χ2v) is 21.3. The average Bonchev–Trinajstić information content (AvgIpc) is 3.83. The van der Waals surface area contributed by atoms with E-state index in [4.69, 9.17) is 28.4 Å². The van der Waals surface area contributed by atoms with Gasteiger partial charge in [0, 0.05) is 41.4 Å². The van der Waals surface area contributed by atoms with Gasteiger partial charge in [0.2, 0.25) is 0 Å². The Bertz CT molecular complexity index is 1810. The summed E-state index contributed by atoms with van der Waals surface area (Å²) in [5.74, 6) is -6.19. The molecule has 15 heteroatoms. The van der Waals surface area contributed by atoms with Crippen molar-refractivity contribution < 1.29 is 58.1 Å². The molecule has 5 aliphatic heterocycles. The minimum absolute atomic E-state index is 0.0362. The molecule has 0 aromatic carbocycles. The van der Waals surface area contributed by atoms with Crippen LogP contribution in [0.3, 0.4) is 0 Å². The van der Waals surface area contributed by atoms with Crippen LogP contribution >= 0.6 is 11.3 Å². The van der Waals surface area contributed by atoms with Crippen molar-refractivity contribution in [3.63, 3.8) is 0 Å². The highest BCUT2D eigenvalue weighted by Gasteiger charge is 2.63. The van der Waals surface area contributed by atoms with Gasteiger partial charge >= 0.3 is 12.1 Å². The first kappa shape index (κ1) is 50.9. The number of aliphatic hydroxyl groups is 2. The molecular formula is C49H78N2O12S. The lowest BCUT2D eigenvalue weighted by atomic mass is 9.72. The van der Waals surface area contributed by atoms with Crippen LogP contribution in [0, 0.1) is 48.3 Å². The fourth-order valence-electron chi connectivity index (χ4n) is 11.6. The summed E-state index contributed by atoms with van der Waals surface area (Å²) in [4.78, 5) is 45.6. The zero-order valence-corrected chi connectivity index (χ0v) is 41.0. The summed E-state index contributed by atoms with van der Waals surface area (Å²) in [6.07, 6.45) is 6.17. The molecule has 18 atom stereocenters. The molecule has 0 aliphatic carbocycles. The molecule has 1 unspecified atom stereocenters. The molecule has 64 heavy (non-hydrogen) atoms. The molecule has 0 saturated carbocycles. The lowest BCUT2D eigenvalue weighted by molar-refractivity contribution is -0.398. The number of ether oxygens (including phenoxy) is 6. The predicted octanol–water partition coefficient (Wildman–Crippen LogP) is 7.93. The van der Waals surface area contributed by atoms with Crippen molar-refractivity contribution in [2.45, 2.75) is 212 Å². The number of aryl methyl sites for hydroxylation is 1. The van der Waals surface area contributed by atoms with Crippen molar-refractivity contribution in [3.8, 4) is 0 Å². The Hall–Kier alpha value is -2.50. The number of nitrogens with zero attached hydrogens (tertiary/aromatic N) is 1. The van der Waals surface area contributed by atoms with Gasteiger partial charge < -0.3 is 49.1 Å². The van der Waals surface area contributed by atoms with Crippen molar-refractivity contribution in [1.29, 1.82) is 0 Å². The number of carbonyl (C=O) groups is 3. The first-order valence-electron chi connectivity index (χ1n) is 24.2. The molecule has 14 nitrogen and oxygen atoms in total. The zero-order chi connectivity index (χ0) is 46.9. The van der Waals surface area contributed by atoms with Crippen LogP contribution in [0.25, 0.3) is 0 Å². The molecule has 1 aromatic heterocycles. The van der Waals surface area contributed by atoms with Crippen molar-refractivity contribution in [2.75, 3.05) is 6.61 Å². The number of carbonyl (C=O) groups excluding carboxylic acids is 2. The van der Waals surface area contributed by atoms with Crippen molar-refractivity contribution in [2.24, 2.45) is 41.4 Å². The highest BCUT2D eigenvalue weighted by Crippen LogP contribution is 2.54. The summed E-state index contributed by atoms with van der Waals surface area (Å²) < 4.78 is 40.3. The first-order valence-corrected chi connectivity index (χ1v) is 25.1.